The molecule has 1 unspecified atom stereocenters. The highest BCUT2D eigenvalue weighted by Gasteiger charge is 2.25. The highest BCUT2D eigenvalue weighted by molar-refractivity contribution is 5.45. The minimum atomic E-state index is -0.358. The van der Waals surface area contributed by atoms with Crippen molar-refractivity contribution in [3.05, 3.63) is 23.5 Å². The van der Waals surface area contributed by atoms with E-state index in [1.165, 1.54) is 0 Å². The minimum absolute atomic E-state index is 0.221. The molecule has 1 atom stereocenters. The summed E-state index contributed by atoms with van der Waals surface area (Å²) in [7, 11) is 0. The Morgan fingerprint density at radius 3 is 2.89 bits per heavy atom. The van der Waals surface area contributed by atoms with Gasteiger partial charge in [0.2, 0.25) is 0 Å². The molecule has 0 spiro atoms. The Bertz CT molecular complexity index is 432. The maximum atomic E-state index is 14.4. The molecule has 2 aliphatic rings. The first-order valence-electron chi connectivity index (χ1n) is 6.26. The number of halogens is 1. The van der Waals surface area contributed by atoms with Crippen molar-refractivity contribution in [1.29, 1.82) is 0 Å². The van der Waals surface area contributed by atoms with Crippen LogP contribution in [0.1, 0.15) is 18.1 Å². The van der Waals surface area contributed by atoms with E-state index in [0.717, 1.165) is 13.0 Å². The summed E-state index contributed by atoms with van der Waals surface area (Å²) in [6.07, 6.45) is 0.515. The number of fused-ring (bicyclic) bond motifs is 1. The third kappa shape index (κ3) is 2.15. The van der Waals surface area contributed by atoms with Crippen molar-refractivity contribution in [2.24, 2.45) is 0 Å². The molecular weight excluding hydrogens is 237 g/mol. The largest absolute Gasteiger partial charge is 0.489 e. The van der Waals surface area contributed by atoms with E-state index < -0.39 is 0 Å². The van der Waals surface area contributed by atoms with E-state index in [1.54, 1.807) is 12.1 Å². The second-order valence-corrected chi connectivity index (χ2v) is 4.41. The molecule has 0 amide bonds. The van der Waals surface area contributed by atoms with Crippen molar-refractivity contribution in [2.75, 3.05) is 32.9 Å². The molecule has 0 aromatic heterocycles. The van der Waals surface area contributed by atoms with Crippen LogP contribution in [-0.4, -0.2) is 32.9 Å². The molecule has 1 aromatic rings. The zero-order chi connectivity index (χ0) is 12.4. The van der Waals surface area contributed by atoms with E-state index in [0.29, 0.717) is 37.7 Å². The van der Waals surface area contributed by atoms with Crippen molar-refractivity contribution in [3.63, 3.8) is 0 Å². The van der Waals surface area contributed by atoms with Gasteiger partial charge in [0.05, 0.1) is 25.9 Å². The number of morpholine rings is 1. The molecule has 18 heavy (non-hydrogen) atoms. The molecular formula is C13H16FNO3. The molecule has 0 radical (unpaired) electrons. The van der Waals surface area contributed by atoms with Crippen LogP contribution in [0.15, 0.2) is 12.1 Å². The highest BCUT2D eigenvalue weighted by atomic mass is 19.1. The first-order chi connectivity index (χ1) is 8.86. The smallest absolute Gasteiger partial charge is 0.197 e. The lowest BCUT2D eigenvalue weighted by Gasteiger charge is -2.25. The van der Waals surface area contributed by atoms with Crippen LogP contribution in [0.4, 0.5) is 4.39 Å². The van der Waals surface area contributed by atoms with Gasteiger partial charge in [0.25, 0.3) is 0 Å². The topological polar surface area (TPSA) is 39.7 Å². The van der Waals surface area contributed by atoms with Crippen molar-refractivity contribution in [2.45, 2.75) is 12.5 Å². The van der Waals surface area contributed by atoms with Crippen molar-refractivity contribution in [1.82, 2.24) is 5.32 Å². The normalized spacial score (nSPS) is 23.5. The van der Waals surface area contributed by atoms with E-state index >= 15 is 0 Å². The molecule has 0 bridgehead atoms. The molecule has 3 rings (SSSR count). The average molecular weight is 253 g/mol. The van der Waals surface area contributed by atoms with Gasteiger partial charge in [-0.15, -0.1) is 0 Å². The Morgan fingerprint density at radius 2 is 2.06 bits per heavy atom. The average Bonchev–Trinajstić information content (AvgIpc) is 2.66. The van der Waals surface area contributed by atoms with Gasteiger partial charge in [-0.1, -0.05) is 0 Å². The SMILES string of the molecule is Fc1c(C2CNCCO2)ccc2c1OCCCO2. The zero-order valence-electron chi connectivity index (χ0n) is 10.1. The van der Waals surface area contributed by atoms with Crippen LogP contribution >= 0.6 is 0 Å². The molecule has 1 saturated heterocycles. The summed E-state index contributed by atoms with van der Waals surface area (Å²) in [5, 5.41) is 3.19. The fraction of sp³-hybridized carbons (Fsp3) is 0.538. The molecule has 0 saturated carbocycles. The Balaban J connectivity index is 1.93. The number of rotatable bonds is 1. The van der Waals surface area contributed by atoms with Gasteiger partial charge >= 0.3 is 0 Å². The lowest BCUT2D eigenvalue weighted by molar-refractivity contribution is 0.0252. The Hall–Kier alpha value is -1.33. The van der Waals surface area contributed by atoms with E-state index in [9.17, 15) is 4.39 Å². The van der Waals surface area contributed by atoms with Crippen molar-refractivity contribution in [3.8, 4) is 11.5 Å². The number of benzene rings is 1. The van der Waals surface area contributed by atoms with Gasteiger partial charge in [-0.3, -0.25) is 0 Å². The fourth-order valence-corrected chi connectivity index (χ4v) is 2.23. The summed E-state index contributed by atoms with van der Waals surface area (Å²) in [5.41, 5.74) is 0.534. The molecule has 4 nitrogen and oxygen atoms in total. The first kappa shape index (κ1) is 11.7. The predicted molar refractivity (Wildman–Crippen MR) is 63.6 cm³/mol. The summed E-state index contributed by atoms with van der Waals surface area (Å²) < 4.78 is 30.9. The van der Waals surface area contributed by atoms with Crippen LogP contribution in [-0.2, 0) is 4.74 Å². The molecule has 5 heteroatoms. The van der Waals surface area contributed by atoms with E-state index in [-0.39, 0.29) is 17.7 Å². The van der Waals surface area contributed by atoms with Crippen LogP contribution in [0.2, 0.25) is 0 Å². The van der Waals surface area contributed by atoms with Gasteiger partial charge in [-0.25, -0.2) is 4.39 Å². The molecule has 1 fully saturated rings. The lowest BCUT2D eigenvalue weighted by atomic mass is 10.1. The molecule has 1 aromatic carbocycles. The summed E-state index contributed by atoms with van der Waals surface area (Å²) in [4.78, 5) is 0. The van der Waals surface area contributed by atoms with Crippen LogP contribution < -0.4 is 14.8 Å². The van der Waals surface area contributed by atoms with Gasteiger partial charge in [0.1, 0.15) is 0 Å². The number of nitrogens with one attached hydrogen (secondary N) is 1. The Labute approximate surface area is 105 Å². The summed E-state index contributed by atoms with van der Waals surface area (Å²) in [5.74, 6) is 0.347. The molecule has 0 aliphatic carbocycles. The van der Waals surface area contributed by atoms with E-state index in [2.05, 4.69) is 5.32 Å². The quantitative estimate of drug-likeness (QED) is 0.826. The first-order valence-corrected chi connectivity index (χ1v) is 6.26. The maximum absolute atomic E-state index is 14.4. The van der Waals surface area contributed by atoms with Crippen LogP contribution in [0.25, 0.3) is 0 Å². The van der Waals surface area contributed by atoms with Crippen molar-refractivity contribution < 1.29 is 18.6 Å². The number of hydrogen-bond acceptors (Lipinski definition) is 4. The third-order valence-electron chi connectivity index (χ3n) is 3.16. The van der Waals surface area contributed by atoms with Gasteiger partial charge in [-0.05, 0) is 12.1 Å². The minimum Gasteiger partial charge on any atom is -0.489 e. The predicted octanol–water partition coefficient (Wildman–Crippen LogP) is 1.65. The molecule has 2 heterocycles. The number of ether oxygens (including phenoxy) is 3. The Morgan fingerprint density at radius 1 is 1.17 bits per heavy atom. The summed E-state index contributed by atoms with van der Waals surface area (Å²) in [6, 6.07) is 3.48. The monoisotopic (exact) mass is 253 g/mol. The van der Waals surface area contributed by atoms with Gasteiger partial charge < -0.3 is 19.5 Å². The van der Waals surface area contributed by atoms with E-state index in [4.69, 9.17) is 14.2 Å². The standard InChI is InChI=1S/C13H16FNO3/c14-12-9(11-8-15-4-7-17-11)2-3-10-13(12)18-6-1-5-16-10/h2-3,11,15H,1,4-8H2. The number of hydrogen-bond donors (Lipinski definition) is 1. The third-order valence-corrected chi connectivity index (χ3v) is 3.16. The van der Waals surface area contributed by atoms with Crippen LogP contribution in [0.3, 0.4) is 0 Å². The molecule has 98 valence electrons. The molecule has 1 N–H and O–H groups in total. The summed E-state index contributed by atoms with van der Waals surface area (Å²) >= 11 is 0. The second kappa shape index (κ2) is 5.12. The molecule has 2 aliphatic heterocycles. The van der Waals surface area contributed by atoms with Gasteiger partial charge in [-0.2, -0.15) is 0 Å². The van der Waals surface area contributed by atoms with Crippen LogP contribution in [0.5, 0.6) is 11.5 Å². The maximum Gasteiger partial charge on any atom is 0.197 e. The van der Waals surface area contributed by atoms with Crippen LogP contribution in [0, 0.1) is 5.82 Å². The van der Waals surface area contributed by atoms with E-state index in [1.807, 2.05) is 0 Å². The van der Waals surface area contributed by atoms with Gasteiger partial charge in [0.15, 0.2) is 17.3 Å². The fourth-order valence-electron chi connectivity index (χ4n) is 2.23. The lowest BCUT2D eigenvalue weighted by Crippen LogP contribution is -2.33. The van der Waals surface area contributed by atoms with Crippen molar-refractivity contribution >= 4 is 0 Å². The zero-order valence-corrected chi connectivity index (χ0v) is 10.1. The highest BCUT2D eigenvalue weighted by Crippen LogP contribution is 2.37. The summed E-state index contributed by atoms with van der Waals surface area (Å²) in [6.45, 7) is 3.07. The second-order valence-electron chi connectivity index (χ2n) is 4.41. The van der Waals surface area contributed by atoms with Gasteiger partial charge in [0, 0.05) is 25.1 Å². The Kier molecular flexibility index (Phi) is 3.34.